The predicted octanol–water partition coefficient (Wildman–Crippen LogP) is 2.90. The third kappa shape index (κ3) is 2.08. The van der Waals surface area contributed by atoms with E-state index in [1.165, 1.54) is 12.1 Å². The fraction of sp³-hybridized carbons (Fsp3) is 0. The highest BCUT2D eigenvalue weighted by Gasteiger charge is 2.18. The molecule has 0 amide bonds. The van der Waals surface area contributed by atoms with Crippen molar-refractivity contribution in [2.24, 2.45) is 0 Å². The predicted molar refractivity (Wildman–Crippen MR) is 64.1 cm³/mol. The van der Waals surface area contributed by atoms with Gasteiger partial charge in [-0.05, 0) is 18.2 Å². The van der Waals surface area contributed by atoms with Crippen LogP contribution in [0.2, 0.25) is 0 Å². The lowest BCUT2D eigenvalue weighted by Gasteiger charge is -1.91. The van der Waals surface area contributed by atoms with Crippen molar-refractivity contribution in [3.05, 3.63) is 52.6 Å². The van der Waals surface area contributed by atoms with E-state index in [1.807, 2.05) is 30.3 Å². The Bertz CT molecular complexity index is 717. The number of hydrogen-bond acceptors (Lipinski definition) is 6. The third-order valence-corrected chi connectivity index (χ3v) is 2.43. The summed E-state index contributed by atoms with van der Waals surface area (Å²) in [5, 5.41) is 18.2. The Morgan fingerprint density at radius 2 is 1.68 bits per heavy atom. The molecule has 1 aromatic carbocycles. The second-order valence-electron chi connectivity index (χ2n) is 3.67. The molecule has 3 rings (SSSR count). The van der Waals surface area contributed by atoms with Gasteiger partial charge in [0.15, 0.2) is 5.76 Å². The first-order valence-corrected chi connectivity index (χ1v) is 5.37. The van der Waals surface area contributed by atoms with Gasteiger partial charge in [-0.3, -0.25) is 10.1 Å². The van der Waals surface area contributed by atoms with Gasteiger partial charge in [0.05, 0.1) is 6.07 Å². The summed E-state index contributed by atoms with van der Waals surface area (Å²) in [5.41, 5.74) is 0.766. The Balaban J connectivity index is 1.94. The molecule has 0 saturated carbocycles. The lowest BCUT2D eigenvalue weighted by atomic mass is 10.2. The number of furan rings is 1. The van der Waals surface area contributed by atoms with E-state index in [2.05, 4.69) is 10.2 Å². The first kappa shape index (κ1) is 11.1. The zero-order valence-corrected chi connectivity index (χ0v) is 9.52. The molecule has 0 unspecified atom stereocenters. The molecular weight excluding hydrogens is 250 g/mol. The third-order valence-electron chi connectivity index (χ3n) is 2.43. The standard InChI is InChI=1S/C12H7N3O4/c16-15(17)10-7-6-9(18-10)12-14-13-11(19-12)8-4-2-1-3-5-8/h1-7H. The van der Waals surface area contributed by atoms with Crippen LogP contribution in [0, 0.1) is 10.1 Å². The first-order valence-electron chi connectivity index (χ1n) is 5.37. The summed E-state index contributed by atoms with van der Waals surface area (Å²) in [4.78, 5) is 9.89. The molecule has 0 fully saturated rings. The van der Waals surface area contributed by atoms with E-state index in [1.54, 1.807) is 0 Å². The molecule has 0 bridgehead atoms. The summed E-state index contributed by atoms with van der Waals surface area (Å²) in [7, 11) is 0. The van der Waals surface area contributed by atoms with Crippen LogP contribution >= 0.6 is 0 Å². The molecule has 0 aliphatic carbocycles. The highest BCUT2D eigenvalue weighted by Crippen LogP contribution is 2.27. The van der Waals surface area contributed by atoms with Crippen LogP contribution in [0.5, 0.6) is 0 Å². The molecule has 0 atom stereocenters. The topological polar surface area (TPSA) is 95.2 Å². The van der Waals surface area contributed by atoms with Crippen molar-refractivity contribution in [2.45, 2.75) is 0 Å². The minimum atomic E-state index is -0.627. The summed E-state index contributed by atoms with van der Waals surface area (Å²) in [6.45, 7) is 0. The Labute approximate surface area is 106 Å². The monoisotopic (exact) mass is 257 g/mol. The molecular formula is C12H7N3O4. The van der Waals surface area contributed by atoms with Crippen molar-refractivity contribution < 1.29 is 13.8 Å². The Morgan fingerprint density at radius 1 is 0.947 bits per heavy atom. The molecule has 0 radical (unpaired) electrons. The van der Waals surface area contributed by atoms with Crippen molar-refractivity contribution in [3.63, 3.8) is 0 Å². The lowest BCUT2D eigenvalue weighted by molar-refractivity contribution is -0.401. The maximum absolute atomic E-state index is 10.5. The number of benzene rings is 1. The van der Waals surface area contributed by atoms with Gasteiger partial charge < -0.3 is 8.83 Å². The number of nitro groups is 1. The number of aromatic nitrogens is 2. The van der Waals surface area contributed by atoms with Gasteiger partial charge in [-0.1, -0.05) is 18.2 Å². The van der Waals surface area contributed by atoms with E-state index in [0.717, 1.165) is 5.56 Å². The van der Waals surface area contributed by atoms with E-state index >= 15 is 0 Å². The van der Waals surface area contributed by atoms with Gasteiger partial charge in [0, 0.05) is 5.56 Å². The summed E-state index contributed by atoms with van der Waals surface area (Å²) in [6, 6.07) is 11.9. The van der Waals surface area contributed by atoms with Crippen LogP contribution in [0.25, 0.3) is 23.1 Å². The maximum atomic E-state index is 10.5. The molecule has 0 saturated heterocycles. The first-order chi connectivity index (χ1) is 9.24. The number of hydrogen-bond donors (Lipinski definition) is 0. The van der Waals surface area contributed by atoms with Crippen LogP contribution < -0.4 is 0 Å². The van der Waals surface area contributed by atoms with Crippen LogP contribution in [-0.4, -0.2) is 15.1 Å². The second kappa shape index (κ2) is 4.37. The van der Waals surface area contributed by atoms with Crippen molar-refractivity contribution in [1.82, 2.24) is 10.2 Å². The molecule has 7 nitrogen and oxygen atoms in total. The van der Waals surface area contributed by atoms with Gasteiger partial charge in [-0.2, -0.15) is 0 Å². The summed E-state index contributed by atoms with van der Waals surface area (Å²) >= 11 is 0. The van der Waals surface area contributed by atoms with Crippen LogP contribution in [0.3, 0.4) is 0 Å². The van der Waals surface area contributed by atoms with Gasteiger partial charge >= 0.3 is 5.88 Å². The molecule has 0 aliphatic rings. The van der Waals surface area contributed by atoms with E-state index < -0.39 is 4.92 Å². The van der Waals surface area contributed by atoms with Crippen LogP contribution in [0.4, 0.5) is 5.88 Å². The molecule has 94 valence electrons. The minimum absolute atomic E-state index is 0.104. The Hall–Kier alpha value is -2.96. The maximum Gasteiger partial charge on any atom is 0.433 e. The zero-order valence-electron chi connectivity index (χ0n) is 9.52. The molecule has 19 heavy (non-hydrogen) atoms. The molecule has 0 N–H and O–H groups in total. The van der Waals surface area contributed by atoms with Crippen molar-refractivity contribution in [1.29, 1.82) is 0 Å². The van der Waals surface area contributed by atoms with Crippen molar-refractivity contribution >= 4 is 5.88 Å². The zero-order chi connectivity index (χ0) is 13.2. The van der Waals surface area contributed by atoms with Crippen molar-refractivity contribution in [2.75, 3.05) is 0 Å². The number of rotatable bonds is 3. The highest BCUT2D eigenvalue weighted by atomic mass is 16.6. The normalized spacial score (nSPS) is 10.5. The molecule has 3 aromatic rings. The fourth-order valence-electron chi connectivity index (χ4n) is 1.56. The van der Waals surface area contributed by atoms with E-state index in [9.17, 15) is 10.1 Å². The average Bonchev–Trinajstić information content (AvgIpc) is 3.09. The molecule has 2 heterocycles. The molecule has 2 aromatic heterocycles. The second-order valence-corrected chi connectivity index (χ2v) is 3.67. The smallest absolute Gasteiger partial charge is 0.413 e. The summed E-state index contributed by atoms with van der Waals surface area (Å²) < 4.78 is 10.4. The van der Waals surface area contributed by atoms with E-state index in [-0.39, 0.29) is 17.5 Å². The summed E-state index contributed by atoms with van der Waals surface area (Å²) in [5.74, 6) is 0.234. The van der Waals surface area contributed by atoms with Gasteiger partial charge in [-0.15, -0.1) is 10.2 Å². The van der Waals surface area contributed by atoms with E-state index in [0.29, 0.717) is 5.89 Å². The largest absolute Gasteiger partial charge is 0.433 e. The quantitative estimate of drug-likeness (QED) is 0.528. The molecule has 7 heteroatoms. The molecule has 0 spiro atoms. The lowest BCUT2D eigenvalue weighted by Crippen LogP contribution is -1.82. The number of nitrogens with zero attached hydrogens (tertiary/aromatic N) is 3. The minimum Gasteiger partial charge on any atom is -0.413 e. The van der Waals surface area contributed by atoms with Gasteiger partial charge in [0.25, 0.3) is 5.89 Å². The van der Waals surface area contributed by atoms with Gasteiger partial charge in [0.2, 0.25) is 5.89 Å². The van der Waals surface area contributed by atoms with Crippen molar-refractivity contribution in [3.8, 4) is 23.1 Å². The van der Waals surface area contributed by atoms with Crippen LogP contribution in [-0.2, 0) is 0 Å². The van der Waals surface area contributed by atoms with Gasteiger partial charge in [0.1, 0.15) is 4.92 Å². The average molecular weight is 257 g/mol. The fourth-order valence-corrected chi connectivity index (χ4v) is 1.56. The Morgan fingerprint density at radius 3 is 2.37 bits per heavy atom. The SMILES string of the molecule is O=[N+]([O-])c1ccc(-c2nnc(-c3ccccc3)o2)o1. The summed E-state index contributed by atoms with van der Waals surface area (Å²) in [6.07, 6.45) is 0. The van der Waals surface area contributed by atoms with Crippen LogP contribution in [0.1, 0.15) is 0 Å². The molecule has 0 aliphatic heterocycles. The van der Waals surface area contributed by atoms with Gasteiger partial charge in [-0.25, -0.2) is 0 Å². The highest BCUT2D eigenvalue weighted by molar-refractivity contribution is 5.55. The van der Waals surface area contributed by atoms with E-state index in [4.69, 9.17) is 8.83 Å². The Kier molecular flexibility index (Phi) is 2.57. The van der Waals surface area contributed by atoms with Crippen LogP contribution in [0.15, 0.2) is 51.3 Å².